The minimum absolute atomic E-state index is 0.276. The first-order chi connectivity index (χ1) is 5.50. The first-order valence-corrected chi connectivity index (χ1v) is 3.87. The third-order valence-electron chi connectivity index (χ3n) is 2.70. The summed E-state index contributed by atoms with van der Waals surface area (Å²) in [6.45, 7) is 0. The zero-order valence-corrected chi connectivity index (χ0v) is 6.26. The molecule has 1 aliphatic heterocycles. The van der Waals surface area contributed by atoms with Gasteiger partial charge in [-0.1, -0.05) is 0 Å². The molecule has 2 rings (SSSR count). The lowest BCUT2D eigenvalue weighted by Crippen LogP contribution is -2.50. The van der Waals surface area contributed by atoms with Gasteiger partial charge in [-0.05, 0) is 12.3 Å². The van der Waals surface area contributed by atoms with Crippen molar-refractivity contribution in [3.63, 3.8) is 0 Å². The summed E-state index contributed by atoms with van der Waals surface area (Å²) < 4.78 is 25.6. The van der Waals surface area contributed by atoms with E-state index in [1.54, 1.807) is 0 Å². The van der Waals surface area contributed by atoms with Crippen LogP contribution in [-0.4, -0.2) is 29.1 Å². The van der Waals surface area contributed by atoms with Crippen LogP contribution in [0.5, 0.6) is 0 Å². The van der Waals surface area contributed by atoms with Gasteiger partial charge in [0.1, 0.15) is 6.04 Å². The first kappa shape index (κ1) is 7.91. The van der Waals surface area contributed by atoms with Crippen LogP contribution < -0.4 is 5.32 Å². The second-order valence-electron chi connectivity index (χ2n) is 3.50. The molecule has 0 aromatic carbocycles. The number of hydrogen-bond acceptors (Lipinski definition) is 2. The second kappa shape index (κ2) is 2.16. The number of aliphatic carboxylic acids is 1. The monoisotopic (exact) mass is 177 g/mol. The van der Waals surface area contributed by atoms with E-state index in [2.05, 4.69) is 5.32 Å². The molecule has 0 aromatic rings. The maximum absolute atomic E-state index is 12.8. The Kier molecular flexibility index (Phi) is 1.42. The summed E-state index contributed by atoms with van der Waals surface area (Å²) in [4.78, 5) is 10.5. The molecule has 12 heavy (non-hydrogen) atoms. The topological polar surface area (TPSA) is 49.3 Å². The average molecular weight is 177 g/mol. The highest BCUT2D eigenvalue weighted by Gasteiger charge is 2.58. The van der Waals surface area contributed by atoms with E-state index in [9.17, 15) is 13.6 Å². The van der Waals surface area contributed by atoms with Gasteiger partial charge in [0.2, 0.25) is 0 Å². The molecule has 1 saturated carbocycles. The Morgan fingerprint density at radius 3 is 2.58 bits per heavy atom. The molecule has 2 aliphatic rings. The molecule has 0 unspecified atom stereocenters. The van der Waals surface area contributed by atoms with Crippen LogP contribution in [0.15, 0.2) is 0 Å². The molecule has 0 radical (unpaired) electrons. The first-order valence-electron chi connectivity index (χ1n) is 3.87. The van der Waals surface area contributed by atoms with E-state index in [4.69, 9.17) is 5.11 Å². The molecule has 3 nitrogen and oxygen atoms in total. The van der Waals surface area contributed by atoms with Crippen LogP contribution in [-0.2, 0) is 4.79 Å². The van der Waals surface area contributed by atoms with Crippen LogP contribution in [0.4, 0.5) is 8.78 Å². The van der Waals surface area contributed by atoms with Gasteiger partial charge < -0.3 is 5.11 Å². The van der Waals surface area contributed by atoms with E-state index in [0.29, 0.717) is 6.42 Å². The van der Waals surface area contributed by atoms with Crippen LogP contribution in [0.1, 0.15) is 12.8 Å². The number of fused-ring (bicyclic) bond motifs is 2. The number of carboxylic acid groups (broad SMARTS) is 1. The number of carboxylic acids is 1. The minimum atomic E-state index is -2.70. The molecule has 1 saturated heterocycles. The number of carbonyl (C=O) groups is 1. The van der Waals surface area contributed by atoms with Crippen molar-refractivity contribution in [1.82, 2.24) is 5.32 Å². The van der Waals surface area contributed by atoms with Gasteiger partial charge in [0.05, 0.1) is 6.04 Å². The SMILES string of the molecule is O=C(O)[C@H]1N[C@@H]2C[C@@H]1CC2(F)F. The lowest BCUT2D eigenvalue weighted by molar-refractivity contribution is -0.142. The maximum atomic E-state index is 12.8. The van der Waals surface area contributed by atoms with Crippen molar-refractivity contribution in [3.8, 4) is 0 Å². The molecule has 1 heterocycles. The molecule has 5 heteroatoms. The fraction of sp³-hybridized carbons (Fsp3) is 0.857. The molecule has 3 atom stereocenters. The number of hydrogen-bond donors (Lipinski definition) is 2. The summed E-state index contributed by atoms with van der Waals surface area (Å²) >= 11 is 0. The van der Waals surface area contributed by atoms with Gasteiger partial charge in [0.15, 0.2) is 0 Å². The van der Waals surface area contributed by atoms with Gasteiger partial charge in [0, 0.05) is 6.42 Å². The Morgan fingerprint density at radius 2 is 2.25 bits per heavy atom. The highest BCUT2D eigenvalue weighted by Crippen LogP contribution is 2.45. The van der Waals surface area contributed by atoms with E-state index in [1.807, 2.05) is 0 Å². The average Bonchev–Trinajstić information content (AvgIpc) is 2.40. The lowest BCUT2D eigenvalue weighted by atomic mass is 9.99. The Hall–Kier alpha value is -0.710. The summed E-state index contributed by atoms with van der Waals surface area (Å²) in [6.07, 6.45) is 0.0194. The van der Waals surface area contributed by atoms with E-state index in [-0.39, 0.29) is 12.3 Å². The summed E-state index contributed by atoms with van der Waals surface area (Å²) in [5.74, 6) is -4.10. The van der Waals surface area contributed by atoms with Crippen molar-refractivity contribution in [1.29, 1.82) is 0 Å². The van der Waals surface area contributed by atoms with Crippen LogP contribution in [0.2, 0.25) is 0 Å². The van der Waals surface area contributed by atoms with Gasteiger partial charge in [0.25, 0.3) is 5.92 Å². The quantitative estimate of drug-likeness (QED) is 0.611. The van der Waals surface area contributed by atoms with Crippen LogP contribution in [0.3, 0.4) is 0 Å². The standard InChI is InChI=1S/C7H9F2NO2/c8-7(9)2-3-1-4(7)10-5(3)6(11)12/h3-5,10H,1-2H2,(H,11,12)/t3-,4-,5+/m1/s1. The largest absolute Gasteiger partial charge is 0.480 e. The minimum Gasteiger partial charge on any atom is -0.480 e. The van der Waals surface area contributed by atoms with Gasteiger partial charge in [-0.2, -0.15) is 0 Å². The Balaban J connectivity index is 2.13. The van der Waals surface area contributed by atoms with Crippen molar-refractivity contribution in [2.45, 2.75) is 30.8 Å². The predicted octanol–water partition coefficient (Wildman–Crippen LogP) is 0.457. The van der Waals surface area contributed by atoms with Crippen LogP contribution in [0.25, 0.3) is 0 Å². The van der Waals surface area contributed by atoms with E-state index < -0.39 is 24.0 Å². The highest BCUT2D eigenvalue weighted by atomic mass is 19.3. The summed E-state index contributed by atoms with van der Waals surface area (Å²) in [5, 5.41) is 11.0. The van der Waals surface area contributed by atoms with E-state index >= 15 is 0 Å². The number of nitrogens with one attached hydrogen (secondary N) is 1. The molecular weight excluding hydrogens is 168 g/mol. The number of alkyl halides is 2. The third kappa shape index (κ3) is 0.924. The number of rotatable bonds is 1. The van der Waals surface area contributed by atoms with Crippen LogP contribution >= 0.6 is 0 Å². The lowest BCUT2D eigenvalue weighted by Gasteiger charge is -2.26. The zero-order valence-electron chi connectivity index (χ0n) is 6.26. The molecule has 0 amide bonds. The Labute approximate surface area is 67.8 Å². The van der Waals surface area contributed by atoms with Crippen molar-refractivity contribution in [3.05, 3.63) is 0 Å². The Morgan fingerprint density at radius 1 is 1.58 bits per heavy atom. The molecule has 1 aliphatic carbocycles. The summed E-state index contributed by atoms with van der Waals surface area (Å²) in [6, 6.07) is -1.67. The van der Waals surface area contributed by atoms with E-state index in [0.717, 1.165) is 0 Å². The van der Waals surface area contributed by atoms with E-state index in [1.165, 1.54) is 0 Å². The second-order valence-corrected chi connectivity index (χ2v) is 3.50. The fourth-order valence-corrected chi connectivity index (χ4v) is 2.12. The van der Waals surface area contributed by atoms with Gasteiger partial charge in [-0.25, -0.2) is 8.78 Å². The molecule has 0 spiro atoms. The molecule has 68 valence electrons. The van der Waals surface area contributed by atoms with Crippen molar-refractivity contribution in [2.24, 2.45) is 5.92 Å². The van der Waals surface area contributed by atoms with Gasteiger partial charge in [-0.15, -0.1) is 0 Å². The smallest absolute Gasteiger partial charge is 0.320 e. The summed E-state index contributed by atoms with van der Waals surface area (Å²) in [5.41, 5.74) is 0. The van der Waals surface area contributed by atoms with Gasteiger partial charge in [-0.3, -0.25) is 10.1 Å². The molecule has 2 bridgehead atoms. The van der Waals surface area contributed by atoms with Gasteiger partial charge >= 0.3 is 5.97 Å². The molecule has 2 N–H and O–H groups in total. The predicted molar refractivity (Wildman–Crippen MR) is 36.0 cm³/mol. The molecule has 0 aromatic heterocycles. The van der Waals surface area contributed by atoms with Crippen LogP contribution in [0, 0.1) is 5.92 Å². The third-order valence-corrected chi connectivity index (χ3v) is 2.70. The van der Waals surface area contributed by atoms with Crippen molar-refractivity contribution >= 4 is 5.97 Å². The van der Waals surface area contributed by atoms with Crippen molar-refractivity contribution < 1.29 is 18.7 Å². The zero-order chi connectivity index (χ0) is 8.93. The fourth-order valence-electron chi connectivity index (χ4n) is 2.12. The Bertz CT molecular complexity index is 231. The summed E-state index contributed by atoms with van der Waals surface area (Å²) in [7, 11) is 0. The normalized spacial score (nSPS) is 43.3. The maximum Gasteiger partial charge on any atom is 0.320 e. The molecule has 2 fully saturated rings. The molecular formula is C7H9F2NO2. The highest BCUT2D eigenvalue weighted by molar-refractivity contribution is 5.74. The number of piperidine rings is 1. The number of halogens is 2. The van der Waals surface area contributed by atoms with Crippen molar-refractivity contribution in [2.75, 3.05) is 0 Å².